The molecule has 0 aliphatic carbocycles. The molecular weight excluding hydrogens is 240 g/mol. The summed E-state index contributed by atoms with van der Waals surface area (Å²) in [4.78, 5) is 16.7. The van der Waals surface area contributed by atoms with E-state index in [4.69, 9.17) is 4.74 Å². The highest BCUT2D eigenvalue weighted by atomic mass is 32.1. The monoisotopic (exact) mass is 252 g/mol. The van der Waals surface area contributed by atoms with Gasteiger partial charge in [0.1, 0.15) is 5.69 Å². The molecule has 1 N–H and O–H groups in total. The van der Waals surface area contributed by atoms with E-state index in [0.717, 1.165) is 16.3 Å². The summed E-state index contributed by atoms with van der Waals surface area (Å²) in [5.74, 6) is -0.470. The zero-order valence-corrected chi connectivity index (χ0v) is 10.4. The van der Waals surface area contributed by atoms with Gasteiger partial charge in [0.25, 0.3) is 0 Å². The van der Waals surface area contributed by atoms with Crippen molar-refractivity contribution in [1.29, 1.82) is 0 Å². The van der Waals surface area contributed by atoms with E-state index in [0.29, 0.717) is 12.3 Å². The molecule has 6 nitrogen and oxygen atoms in total. The third-order valence-electron chi connectivity index (χ3n) is 2.11. The molecule has 0 saturated heterocycles. The predicted octanol–water partition coefficient (Wildman–Crippen LogP) is 1.67. The van der Waals surface area contributed by atoms with E-state index in [1.807, 2.05) is 6.92 Å². The fourth-order valence-corrected chi connectivity index (χ4v) is 2.18. The lowest BCUT2D eigenvalue weighted by Crippen LogP contribution is -2.06. The molecule has 2 aromatic rings. The first-order chi connectivity index (χ1) is 8.26. The van der Waals surface area contributed by atoms with Crippen molar-refractivity contribution in [2.75, 3.05) is 6.61 Å². The van der Waals surface area contributed by atoms with Crippen LogP contribution in [-0.2, 0) is 11.2 Å². The number of nitrogens with one attached hydrogen (secondary N) is 1. The Morgan fingerprint density at radius 3 is 2.94 bits per heavy atom. The summed E-state index contributed by atoms with van der Waals surface area (Å²) in [5, 5.41) is 11.2. The average molecular weight is 252 g/mol. The molecular formula is C10H12N4O2S. The van der Waals surface area contributed by atoms with Crippen molar-refractivity contribution >= 4 is 17.3 Å². The Morgan fingerprint density at radius 2 is 2.29 bits per heavy atom. The van der Waals surface area contributed by atoms with Gasteiger partial charge in [-0.2, -0.15) is 10.3 Å². The molecule has 0 bridgehead atoms. The molecule has 0 aliphatic rings. The van der Waals surface area contributed by atoms with Crippen molar-refractivity contribution in [3.05, 3.63) is 16.9 Å². The van der Waals surface area contributed by atoms with Crippen LogP contribution < -0.4 is 0 Å². The van der Waals surface area contributed by atoms with Gasteiger partial charge in [-0.3, -0.25) is 0 Å². The third kappa shape index (κ3) is 2.33. The van der Waals surface area contributed by atoms with Crippen molar-refractivity contribution in [2.45, 2.75) is 20.3 Å². The van der Waals surface area contributed by atoms with E-state index < -0.39 is 5.97 Å². The fraction of sp³-hybridized carbons (Fsp3) is 0.400. The lowest BCUT2D eigenvalue weighted by molar-refractivity contribution is 0.0520. The van der Waals surface area contributed by atoms with E-state index in [9.17, 15) is 4.79 Å². The highest BCUT2D eigenvalue weighted by molar-refractivity contribution is 7.15. The van der Waals surface area contributed by atoms with Gasteiger partial charge in [0.15, 0.2) is 5.69 Å². The van der Waals surface area contributed by atoms with Crippen LogP contribution in [0.2, 0.25) is 0 Å². The van der Waals surface area contributed by atoms with Crippen molar-refractivity contribution < 1.29 is 9.53 Å². The van der Waals surface area contributed by atoms with Gasteiger partial charge in [-0.25, -0.2) is 9.78 Å². The van der Waals surface area contributed by atoms with Gasteiger partial charge in [-0.05, 0) is 13.3 Å². The predicted molar refractivity (Wildman–Crippen MR) is 62.8 cm³/mol. The summed E-state index contributed by atoms with van der Waals surface area (Å²) in [7, 11) is 0. The second-order valence-corrected chi connectivity index (χ2v) is 4.33. The first-order valence-electron chi connectivity index (χ1n) is 5.29. The molecule has 0 fully saturated rings. The minimum absolute atomic E-state index is 0.207. The van der Waals surface area contributed by atoms with Gasteiger partial charge in [0.2, 0.25) is 0 Å². The normalized spacial score (nSPS) is 10.5. The van der Waals surface area contributed by atoms with Crippen LogP contribution in [-0.4, -0.2) is 33.0 Å². The van der Waals surface area contributed by atoms with Crippen molar-refractivity contribution in [3.8, 4) is 10.6 Å². The summed E-state index contributed by atoms with van der Waals surface area (Å²) in [6, 6.07) is 0. The first-order valence-corrected chi connectivity index (χ1v) is 6.10. The molecule has 0 unspecified atom stereocenters. The van der Waals surface area contributed by atoms with E-state index >= 15 is 0 Å². The fourth-order valence-electron chi connectivity index (χ4n) is 1.33. The maximum atomic E-state index is 11.6. The third-order valence-corrected chi connectivity index (χ3v) is 3.25. The molecule has 0 radical (unpaired) electrons. The first kappa shape index (κ1) is 11.7. The van der Waals surface area contributed by atoms with E-state index in [2.05, 4.69) is 20.4 Å². The zero-order chi connectivity index (χ0) is 12.3. The van der Waals surface area contributed by atoms with Crippen LogP contribution in [0.1, 0.15) is 29.3 Å². The van der Waals surface area contributed by atoms with Gasteiger partial charge < -0.3 is 4.74 Å². The smallest absolute Gasteiger partial charge is 0.361 e. The molecule has 7 heteroatoms. The number of nitrogens with zero attached hydrogens (tertiary/aromatic N) is 3. The van der Waals surface area contributed by atoms with E-state index in [-0.39, 0.29) is 5.69 Å². The number of H-pyrrole nitrogens is 1. The zero-order valence-electron chi connectivity index (χ0n) is 9.56. The number of hydrogen-bond donors (Lipinski definition) is 1. The van der Waals surface area contributed by atoms with Crippen LogP contribution in [0.15, 0.2) is 6.20 Å². The second-order valence-electron chi connectivity index (χ2n) is 3.21. The molecule has 0 aliphatic heterocycles. The molecule has 2 aromatic heterocycles. The summed E-state index contributed by atoms with van der Waals surface area (Å²) < 4.78 is 4.90. The highest BCUT2D eigenvalue weighted by Crippen LogP contribution is 2.26. The topological polar surface area (TPSA) is 80.8 Å². The van der Waals surface area contributed by atoms with Crippen LogP contribution in [0.4, 0.5) is 0 Å². The number of hydrogen-bond acceptors (Lipinski definition) is 6. The number of carbonyl (C=O) groups excluding carboxylic acids is 1. The minimum atomic E-state index is -0.470. The van der Waals surface area contributed by atoms with E-state index in [1.165, 1.54) is 11.3 Å². The Morgan fingerprint density at radius 1 is 1.47 bits per heavy atom. The Balaban J connectivity index is 2.33. The molecule has 0 aromatic carbocycles. The van der Waals surface area contributed by atoms with Crippen LogP contribution >= 0.6 is 11.3 Å². The second kappa shape index (κ2) is 5.05. The molecule has 2 rings (SSSR count). The van der Waals surface area contributed by atoms with Gasteiger partial charge >= 0.3 is 5.97 Å². The van der Waals surface area contributed by atoms with Crippen LogP contribution in [0.3, 0.4) is 0 Å². The summed E-state index contributed by atoms with van der Waals surface area (Å²) in [6.45, 7) is 4.09. The lowest BCUT2D eigenvalue weighted by Gasteiger charge is -1.98. The number of aromatic amines is 1. The average Bonchev–Trinajstić information content (AvgIpc) is 2.97. The van der Waals surface area contributed by atoms with Gasteiger partial charge in [0, 0.05) is 6.20 Å². The summed E-state index contributed by atoms with van der Waals surface area (Å²) in [5.41, 5.74) is 0.707. The number of ether oxygens (including phenoxy) is 1. The molecule has 90 valence electrons. The molecule has 2 heterocycles. The Bertz CT molecular complexity index is 520. The van der Waals surface area contributed by atoms with Crippen LogP contribution in [0.25, 0.3) is 10.6 Å². The standard InChI is InChI=1S/C10H12N4O2S/c1-3-7-11-5-6(17-7)8-9(13-14-12-8)10(15)16-4-2/h5H,3-4H2,1-2H3,(H,12,13,14). The number of aryl methyl sites for hydroxylation is 1. The lowest BCUT2D eigenvalue weighted by atomic mass is 10.3. The van der Waals surface area contributed by atoms with Gasteiger partial charge in [-0.1, -0.05) is 6.92 Å². The molecule has 0 spiro atoms. The minimum Gasteiger partial charge on any atom is -0.461 e. The SMILES string of the molecule is CCOC(=O)c1n[nH]nc1-c1cnc(CC)s1. The van der Waals surface area contributed by atoms with Crippen molar-refractivity contribution in [2.24, 2.45) is 0 Å². The Hall–Kier alpha value is -1.76. The molecule has 17 heavy (non-hydrogen) atoms. The number of carbonyl (C=O) groups is 1. The number of thiazole rings is 1. The molecule has 0 saturated carbocycles. The van der Waals surface area contributed by atoms with Gasteiger partial charge in [-0.15, -0.1) is 16.4 Å². The van der Waals surface area contributed by atoms with Crippen molar-refractivity contribution in [1.82, 2.24) is 20.4 Å². The molecule has 0 amide bonds. The number of rotatable bonds is 4. The largest absolute Gasteiger partial charge is 0.461 e. The number of esters is 1. The molecule has 0 atom stereocenters. The Labute approximate surface area is 102 Å². The van der Waals surface area contributed by atoms with Crippen molar-refractivity contribution in [3.63, 3.8) is 0 Å². The highest BCUT2D eigenvalue weighted by Gasteiger charge is 2.20. The quantitative estimate of drug-likeness (QED) is 0.837. The Kier molecular flexibility index (Phi) is 3.48. The number of aromatic nitrogens is 4. The summed E-state index contributed by atoms with van der Waals surface area (Å²) >= 11 is 1.50. The van der Waals surface area contributed by atoms with Crippen LogP contribution in [0.5, 0.6) is 0 Å². The van der Waals surface area contributed by atoms with Crippen LogP contribution in [0, 0.1) is 0 Å². The summed E-state index contributed by atoms with van der Waals surface area (Å²) in [6.07, 6.45) is 2.56. The van der Waals surface area contributed by atoms with E-state index in [1.54, 1.807) is 13.1 Å². The maximum Gasteiger partial charge on any atom is 0.361 e. The maximum absolute atomic E-state index is 11.6. The van der Waals surface area contributed by atoms with Gasteiger partial charge in [0.05, 0.1) is 16.5 Å².